The second kappa shape index (κ2) is 10.8. The van der Waals surface area contributed by atoms with Gasteiger partial charge in [-0.3, -0.25) is 9.59 Å². The Hall–Kier alpha value is -2.92. The maximum Gasteiger partial charge on any atom is 0.416 e. The molecule has 2 aromatic carbocycles. The largest absolute Gasteiger partial charge is 0.469 e. The van der Waals surface area contributed by atoms with E-state index < -0.39 is 33.7 Å². The van der Waals surface area contributed by atoms with Gasteiger partial charge in [0.25, 0.3) is 0 Å². The van der Waals surface area contributed by atoms with Crippen molar-refractivity contribution in [2.75, 3.05) is 13.7 Å². The molecule has 0 radical (unpaired) electrons. The van der Waals surface area contributed by atoms with Crippen LogP contribution in [-0.2, 0) is 30.5 Å². The van der Waals surface area contributed by atoms with Gasteiger partial charge in [-0.25, -0.2) is 13.1 Å². The molecule has 2 unspecified atom stereocenters. The van der Waals surface area contributed by atoms with Gasteiger partial charge in [0.05, 0.1) is 29.5 Å². The summed E-state index contributed by atoms with van der Waals surface area (Å²) in [6.07, 6.45) is -2.32. The number of nitrogens with one attached hydrogen (secondary N) is 1. The van der Waals surface area contributed by atoms with Crippen molar-refractivity contribution in [1.29, 1.82) is 0 Å². The summed E-state index contributed by atoms with van der Waals surface area (Å²) in [7, 11) is -2.67. The van der Waals surface area contributed by atoms with E-state index in [2.05, 4.69) is 4.72 Å². The SMILES string of the molecule is COC(=O)C1CC(c2ccccc2)N(C(=O)C2CCC(NS(=O)(=O)c3ccc(C(F)(F)F)cc3)CC2)C1. The second-order valence-corrected chi connectivity index (χ2v) is 11.3. The van der Waals surface area contributed by atoms with E-state index in [9.17, 15) is 31.2 Å². The molecule has 0 aromatic heterocycles. The molecule has 7 nitrogen and oxygen atoms in total. The first-order valence-corrected chi connectivity index (χ1v) is 13.6. The second-order valence-electron chi connectivity index (χ2n) is 9.56. The molecule has 4 rings (SSSR count). The number of ether oxygens (including phenoxy) is 1. The predicted octanol–water partition coefficient (Wildman–Crippen LogP) is 4.31. The zero-order valence-corrected chi connectivity index (χ0v) is 21.1. The van der Waals surface area contributed by atoms with E-state index in [0.717, 1.165) is 29.8 Å². The standard InChI is InChI=1S/C26H29F3N2O5S/c1-36-25(33)19-15-23(17-5-3-2-4-6-17)31(16-19)24(32)18-7-11-21(12-8-18)30-37(34,35)22-13-9-20(10-14-22)26(27,28)29/h2-6,9-10,13-14,18-19,21,23,30H,7-8,11-12,15-16H2,1H3. The molecule has 11 heteroatoms. The van der Waals surface area contributed by atoms with Gasteiger partial charge in [-0.1, -0.05) is 30.3 Å². The summed E-state index contributed by atoms with van der Waals surface area (Å²) in [5.41, 5.74) is 0.0240. The molecule has 1 saturated heterocycles. The number of carbonyl (C=O) groups excluding carboxylic acids is 2. The molecule has 1 aliphatic carbocycles. The van der Waals surface area contributed by atoms with Gasteiger partial charge < -0.3 is 9.64 Å². The monoisotopic (exact) mass is 538 g/mol. The van der Waals surface area contributed by atoms with Gasteiger partial charge >= 0.3 is 12.1 Å². The van der Waals surface area contributed by atoms with Gasteiger partial charge in [-0.2, -0.15) is 13.2 Å². The summed E-state index contributed by atoms with van der Waals surface area (Å²) >= 11 is 0. The highest BCUT2D eigenvalue weighted by Gasteiger charge is 2.42. The maximum absolute atomic E-state index is 13.5. The van der Waals surface area contributed by atoms with Crippen molar-refractivity contribution >= 4 is 21.9 Å². The molecule has 2 aromatic rings. The number of rotatable bonds is 6. The van der Waals surface area contributed by atoms with Crippen molar-refractivity contribution < 1.29 is 35.9 Å². The Morgan fingerprint density at radius 3 is 2.14 bits per heavy atom. The van der Waals surface area contributed by atoms with Crippen LogP contribution in [0.5, 0.6) is 0 Å². The number of hydrogen-bond donors (Lipinski definition) is 1. The van der Waals surface area contributed by atoms with Gasteiger partial charge in [0.1, 0.15) is 0 Å². The number of alkyl halides is 3. The zero-order chi connectivity index (χ0) is 26.8. The molecule has 2 atom stereocenters. The molecule has 37 heavy (non-hydrogen) atoms. The number of hydrogen-bond acceptors (Lipinski definition) is 5. The van der Waals surface area contributed by atoms with Crippen molar-refractivity contribution in [1.82, 2.24) is 9.62 Å². The summed E-state index contributed by atoms with van der Waals surface area (Å²) < 4.78 is 71.2. The third-order valence-electron chi connectivity index (χ3n) is 7.19. The number of amides is 1. The van der Waals surface area contributed by atoms with Crippen LogP contribution in [0.2, 0.25) is 0 Å². The van der Waals surface area contributed by atoms with Crippen LogP contribution in [0.1, 0.15) is 49.3 Å². The molecule has 1 saturated carbocycles. The van der Waals surface area contributed by atoms with Crippen LogP contribution < -0.4 is 4.72 Å². The van der Waals surface area contributed by atoms with Crippen LogP contribution in [0.4, 0.5) is 13.2 Å². The highest BCUT2D eigenvalue weighted by molar-refractivity contribution is 7.89. The Balaban J connectivity index is 1.39. The minimum absolute atomic E-state index is 0.0655. The molecule has 2 fully saturated rings. The first kappa shape index (κ1) is 27.1. The Kier molecular flexibility index (Phi) is 7.94. The van der Waals surface area contributed by atoms with Crippen LogP contribution in [0, 0.1) is 11.8 Å². The minimum atomic E-state index is -4.55. The number of methoxy groups -OCH3 is 1. The number of halogens is 3. The average molecular weight is 539 g/mol. The smallest absolute Gasteiger partial charge is 0.416 e. The summed E-state index contributed by atoms with van der Waals surface area (Å²) in [6, 6.07) is 12.2. The van der Waals surface area contributed by atoms with Crippen molar-refractivity contribution in [3.05, 3.63) is 65.7 Å². The van der Waals surface area contributed by atoms with Crippen molar-refractivity contribution in [2.45, 2.75) is 55.3 Å². The van der Waals surface area contributed by atoms with Gasteiger partial charge in [-0.15, -0.1) is 0 Å². The van der Waals surface area contributed by atoms with Crippen LogP contribution in [0.15, 0.2) is 59.5 Å². The lowest BCUT2D eigenvalue weighted by molar-refractivity contribution is -0.145. The normalized spacial score (nSPS) is 24.6. The lowest BCUT2D eigenvalue weighted by Gasteiger charge is -2.33. The van der Waals surface area contributed by atoms with E-state index in [1.165, 1.54) is 7.11 Å². The van der Waals surface area contributed by atoms with E-state index >= 15 is 0 Å². The summed E-state index contributed by atoms with van der Waals surface area (Å²) in [4.78, 5) is 27.2. The number of benzene rings is 2. The molecule has 1 N–H and O–H groups in total. The van der Waals surface area contributed by atoms with E-state index in [0.29, 0.717) is 32.1 Å². The lowest BCUT2D eigenvalue weighted by atomic mass is 9.85. The van der Waals surface area contributed by atoms with Gasteiger partial charge in [0.15, 0.2) is 0 Å². The minimum Gasteiger partial charge on any atom is -0.469 e. The third-order valence-corrected chi connectivity index (χ3v) is 8.73. The molecule has 200 valence electrons. The van der Waals surface area contributed by atoms with Gasteiger partial charge in [0.2, 0.25) is 15.9 Å². The van der Waals surface area contributed by atoms with E-state index in [4.69, 9.17) is 4.74 Å². The van der Waals surface area contributed by atoms with Crippen molar-refractivity contribution in [2.24, 2.45) is 11.8 Å². The number of sulfonamides is 1. The summed E-state index contributed by atoms with van der Waals surface area (Å²) in [6.45, 7) is 0.269. The van der Waals surface area contributed by atoms with Crippen LogP contribution in [0.3, 0.4) is 0 Å². The van der Waals surface area contributed by atoms with Gasteiger partial charge in [-0.05, 0) is 61.9 Å². The molecular weight excluding hydrogens is 509 g/mol. The Bertz CT molecular complexity index is 1210. The summed E-state index contributed by atoms with van der Waals surface area (Å²) in [5.74, 6) is -1.14. The fraction of sp³-hybridized carbons (Fsp3) is 0.462. The zero-order valence-electron chi connectivity index (χ0n) is 20.3. The molecule has 1 aliphatic heterocycles. The van der Waals surface area contributed by atoms with Gasteiger partial charge in [0, 0.05) is 18.5 Å². The number of nitrogens with zero attached hydrogens (tertiary/aromatic N) is 1. The quantitative estimate of drug-likeness (QED) is 0.554. The van der Waals surface area contributed by atoms with E-state index in [-0.39, 0.29) is 35.3 Å². The van der Waals surface area contributed by atoms with Crippen molar-refractivity contribution in [3.8, 4) is 0 Å². The molecular formula is C26H29F3N2O5S. The average Bonchev–Trinajstić information content (AvgIpc) is 3.34. The van der Waals surface area contributed by atoms with Crippen LogP contribution in [-0.4, -0.2) is 44.9 Å². The Morgan fingerprint density at radius 2 is 1.57 bits per heavy atom. The molecule has 0 bridgehead atoms. The lowest BCUT2D eigenvalue weighted by Crippen LogP contribution is -2.42. The topological polar surface area (TPSA) is 92.8 Å². The highest BCUT2D eigenvalue weighted by Crippen LogP contribution is 2.39. The third kappa shape index (κ3) is 6.15. The molecule has 1 heterocycles. The number of likely N-dealkylation sites (tertiary alicyclic amines) is 1. The fourth-order valence-corrected chi connectivity index (χ4v) is 6.52. The number of esters is 1. The van der Waals surface area contributed by atoms with E-state index in [1.807, 2.05) is 30.3 Å². The molecule has 2 aliphatic rings. The fourth-order valence-electron chi connectivity index (χ4n) is 5.21. The Labute approximate surface area is 214 Å². The maximum atomic E-state index is 13.5. The van der Waals surface area contributed by atoms with Crippen LogP contribution in [0.25, 0.3) is 0 Å². The molecule has 1 amide bonds. The predicted molar refractivity (Wildman–Crippen MR) is 129 cm³/mol. The van der Waals surface area contributed by atoms with Crippen LogP contribution >= 0.6 is 0 Å². The molecule has 0 spiro atoms. The first-order chi connectivity index (χ1) is 17.5. The summed E-state index contributed by atoms with van der Waals surface area (Å²) in [5, 5.41) is 0. The van der Waals surface area contributed by atoms with E-state index in [1.54, 1.807) is 4.90 Å². The highest BCUT2D eigenvalue weighted by atomic mass is 32.2. The van der Waals surface area contributed by atoms with Crippen molar-refractivity contribution in [3.63, 3.8) is 0 Å². The first-order valence-electron chi connectivity index (χ1n) is 12.1. The number of carbonyl (C=O) groups is 2. The Morgan fingerprint density at radius 1 is 0.946 bits per heavy atom.